The van der Waals surface area contributed by atoms with Crippen molar-refractivity contribution >= 4 is 6.21 Å². The highest BCUT2D eigenvalue weighted by atomic mass is 14.7. The molecule has 0 amide bonds. The van der Waals surface area contributed by atoms with Crippen molar-refractivity contribution in [3.05, 3.63) is 24.4 Å². The zero-order valence-corrected chi connectivity index (χ0v) is 7.89. The van der Waals surface area contributed by atoms with Crippen LogP contribution in [0.15, 0.2) is 29.4 Å². The van der Waals surface area contributed by atoms with E-state index in [2.05, 4.69) is 32.3 Å². The number of nitrogens with zero attached hydrogens (tertiary/aromatic N) is 1. The number of rotatable bonds is 2. The second kappa shape index (κ2) is 4.12. The molecule has 0 unspecified atom stereocenters. The highest BCUT2D eigenvalue weighted by Gasteiger charge is 2.14. The predicted octanol–water partition coefficient (Wildman–Crippen LogP) is 3.19. The van der Waals surface area contributed by atoms with Crippen LogP contribution in [0.4, 0.5) is 0 Å². The van der Waals surface area contributed by atoms with Gasteiger partial charge in [-0.2, -0.15) is 0 Å². The fourth-order valence-electron chi connectivity index (χ4n) is 0.737. The van der Waals surface area contributed by atoms with Gasteiger partial charge in [0.15, 0.2) is 0 Å². The van der Waals surface area contributed by atoms with Gasteiger partial charge >= 0.3 is 0 Å². The zero-order valence-electron chi connectivity index (χ0n) is 7.89. The first-order valence-corrected chi connectivity index (χ1v) is 3.84. The molecule has 0 aromatic carbocycles. The molecule has 0 spiro atoms. The Hall–Kier alpha value is -0.850. The summed E-state index contributed by atoms with van der Waals surface area (Å²) in [4.78, 5) is 4.25. The Kier molecular flexibility index (Phi) is 3.80. The average molecular weight is 151 g/mol. The summed E-state index contributed by atoms with van der Waals surface area (Å²) >= 11 is 0. The first kappa shape index (κ1) is 10.2. The van der Waals surface area contributed by atoms with Crippen LogP contribution in [0, 0.1) is 5.41 Å². The van der Waals surface area contributed by atoms with E-state index in [0.29, 0.717) is 0 Å². The highest BCUT2D eigenvalue weighted by molar-refractivity contribution is 5.55. The lowest BCUT2D eigenvalue weighted by molar-refractivity contribution is 0.499. The highest BCUT2D eigenvalue weighted by Crippen LogP contribution is 2.25. The Morgan fingerprint density at radius 1 is 1.36 bits per heavy atom. The van der Waals surface area contributed by atoms with Crippen LogP contribution in [0.5, 0.6) is 0 Å². The van der Waals surface area contributed by atoms with Gasteiger partial charge in [-0.3, -0.25) is 4.99 Å². The van der Waals surface area contributed by atoms with Crippen LogP contribution < -0.4 is 0 Å². The van der Waals surface area contributed by atoms with Gasteiger partial charge in [0.1, 0.15) is 0 Å². The van der Waals surface area contributed by atoms with Gasteiger partial charge in [0.05, 0.1) is 0 Å². The monoisotopic (exact) mass is 151 g/mol. The number of hydrogen-bond donors (Lipinski definition) is 0. The van der Waals surface area contributed by atoms with E-state index in [-0.39, 0.29) is 5.41 Å². The third-order valence-electron chi connectivity index (χ3n) is 1.31. The normalized spacial score (nSPS) is 14.0. The minimum Gasteiger partial charge on any atom is -0.265 e. The quantitative estimate of drug-likeness (QED) is 0.424. The van der Waals surface area contributed by atoms with Crippen molar-refractivity contribution in [3.8, 4) is 0 Å². The van der Waals surface area contributed by atoms with E-state index in [1.807, 2.05) is 13.0 Å². The van der Waals surface area contributed by atoms with Gasteiger partial charge in [-0.05, 0) is 13.0 Å². The van der Waals surface area contributed by atoms with E-state index in [1.165, 1.54) is 0 Å². The molecule has 62 valence electrons. The van der Waals surface area contributed by atoms with E-state index >= 15 is 0 Å². The van der Waals surface area contributed by atoms with Crippen molar-refractivity contribution in [2.75, 3.05) is 0 Å². The topological polar surface area (TPSA) is 12.4 Å². The van der Waals surface area contributed by atoms with E-state index in [0.717, 1.165) is 5.70 Å². The third-order valence-corrected chi connectivity index (χ3v) is 1.31. The van der Waals surface area contributed by atoms with Crippen LogP contribution in [0.2, 0.25) is 0 Å². The Morgan fingerprint density at radius 3 is 2.18 bits per heavy atom. The lowest BCUT2D eigenvalue weighted by atomic mass is 9.92. The van der Waals surface area contributed by atoms with Gasteiger partial charge in [0.25, 0.3) is 0 Å². The molecule has 0 aromatic rings. The number of aliphatic imine (C=N–C) groups is 1. The van der Waals surface area contributed by atoms with Crippen LogP contribution in [0.25, 0.3) is 0 Å². The molecule has 0 fully saturated rings. The molecule has 0 heterocycles. The van der Waals surface area contributed by atoms with Crippen molar-refractivity contribution in [2.24, 2.45) is 10.4 Å². The molecule has 0 rings (SSSR count). The third kappa shape index (κ3) is 3.76. The Labute approximate surface area is 69.5 Å². The summed E-state index contributed by atoms with van der Waals surface area (Å²) in [7, 11) is 0. The fraction of sp³-hybridized carbons (Fsp3) is 0.500. The molecule has 0 aliphatic heterocycles. The molecule has 0 saturated carbocycles. The summed E-state index contributed by atoms with van der Waals surface area (Å²) in [6, 6.07) is 0. The Morgan fingerprint density at radius 2 is 1.91 bits per heavy atom. The van der Waals surface area contributed by atoms with Crippen LogP contribution in [0.1, 0.15) is 27.7 Å². The van der Waals surface area contributed by atoms with E-state index in [9.17, 15) is 0 Å². The summed E-state index contributed by atoms with van der Waals surface area (Å²) in [6.45, 7) is 12.0. The molecule has 0 saturated heterocycles. The maximum atomic E-state index is 4.25. The van der Waals surface area contributed by atoms with Crippen LogP contribution in [-0.4, -0.2) is 6.21 Å². The fourth-order valence-corrected chi connectivity index (χ4v) is 0.737. The minimum absolute atomic E-state index is 0.112. The Balaban J connectivity index is 4.61. The number of allylic oxidation sites excluding steroid dienone is 3. The summed E-state index contributed by atoms with van der Waals surface area (Å²) < 4.78 is 0. The molecule has 1 nitrogen and oxygen atoms in total. The second-order valence-corrected chi connectivity index (χ2v) is 3.42. The van der Waals surface area contributed by atoms with Crippen LogP contribution in [-0.2, 0) is 0 Å². The van der Waals surface area contributed by atoms with Crippen molar-refractivity contribution in [1.29, 1.82) is 0 Å². The Bertz CT molecular complexity index is 180. The first-order chi connectivity index (χ1) is 5.02. The van der Waals surface area contributed by atoms with Gasteiger partial charge in [-0.1, -0.05) is 33.4 Å². The summed E-state index contributed by atoms with van der Waals surface area (Å²) in [6.07, 6.45) is 5.52. The van der Waals surface area contributed by atoms with E-state index in [4.69, 9.17) is 0 Å². The van der Waals surface area contributed by atoms with Gasteiger partial charge in [0, 0.05) is 17.3 Å². The number of hydrogen-bond acceptors (Lipinski definition) is 1. The molecule has 0 atom stereocenters. The van der Waals surface area contributed by atoms with Gasteiger partial charge in [-0.15, -0.1) is 0 Å². The first-order valence-electron chi connectivity index (χ1n) is 3.84. The van der Waals surface area contributed by atoms with Crippen molar-refractivity contribution < 1.29 is 0 Å². The van der Waals surface area contributed by atoms with Crippen LogP contribution in [0.3, 0.4) is 0 Å². The predicted molar refractivity (Wildman–Crippen MR) is 51.9 cm³/mol. The molecule has 0 bridgehead atoms. The molecule has 11 heavy (non-hydrogen) atoms. The zero-order chi connectivity index (χ0) is 8.91. The summed E-state index contributed by atoms with van der Waals surface area (Å²) in [5.74, 6) is 0. The van der Waals surface area contributed by atoms with Crippen molar-refractivity contribution in [3.63, 3.8) is 0 Å². The maximum absolute atomic E-state index is 4.25. The summed E-state index contributed by atoms with van der Waals surface area (Å²) in [5.41, 5.74) is 1.18. The second-order valence-electron chi connectivity index (χ2n) is 3.42. The molecule has 0 aliphatic rings. The van der Waals surface area contributed by atoms with Crippen LogP contribution >= 0.6 is 0 Å². The van der Waals surface area contributed by atoms with E-state index in [1.54, 1.807) is 12.3 Å². The van der Waals surface area contributed by atoms with Gasteiger partial charge in [0.2, 0.25) is 0 Å². The van der Waals surface area contributed by atoms with Gasteiger partial charge < -0.3 is 0 Å². The average Bonchev–Trinajstić information content (AvgIpc) is 1.85. The molecule has 0 aromatic heterocycles. The maximum Gasteiger partial charge on any atom is 0.0452 e. The molecular weight excluding hydrogens is 134 g/mol. The summed E-state index contributed by atoms with van der Waals surface area (Å²) in [5, 5.41) is 0. The standard InChI is InChI=1S/C10H17N/c1-6-8-9(11-7-2)10(3,4)5/h6-8H,1H2,2-5H3/b9-8-,11-7?. The molecule has 0 N–H and O–H groups in total. The molecule has 0 radical (unpaired) electrons. The van der Waals surface area contributed by atoms with E-state index < -0.39 is 0 Å². The lowest BCUT2D eigenvalue weighted by Gasteiger charge is -2.18. The molecule has 0 aliphatic carbocycles. The van der Waals surface area contributed by atoms with Crippen molar-refractivity contribution in [2.45, 2.75) is 27.7 Å². The molecular formula is C10H17N. The van der Waals surface area contributed by atoms with Gasteiger partial charge in [-0.25, -0.2) is 0 Å². The lowest BCUT2D eigenvalue weighted by Crippen LogP contribution is -2.07. The largest absolute Gasteiger partial charge is 0.265 e. The SMILES string of the molecule is C=C/C=C(\N=CC)C(C)(C)C. The van der Waals surface area contributed by atoms with Crippen molar-refractivity contribution in [1.82, 2.24) is 0 Å². The minimum atomic E-state index is 0.112. The molecule has 1 heteroatoms. The smallest absolute Gasteiger partial charge is 0.0452 e.